The highest BCUT2D eigenvalue weighted by Crippen LogP contribution is 2.40. The Hall–Kier alpha value is -1.95. The second kappa shape index (κ2) is 7.95. The van der Waals surface area contributed by atoms with Gasteiger partial charge in [-0.25, -0.2) is 22.0 Å². The Bertz CT molecular complexity index is 1140. The SMILES string of the molecule is CO[C@@H]1CC[C@@H](S(=O)(=O)c2ccc(-c3ccc(S(N)(=O)=O)cc3)cc2C(F)(F)F)C1. The van der Waals surface area contributed by atoms with E-state index in [1.807, 2.05) is 0 Å². The van der Waals surface area contributed by atoms with Crippen molar-refractivity contribution in [1.82, 2.24) is 0 Å². The molecule has 1 fully saturated rings. The number of benzene rings is 2. The van der Waals surface area contributed by atoms with Gasteiger partial charge in [0.1, 0.15) is 0 Å². The van der Waals surface area contributed by atoms with Gasteiger partial charge in [0.25, 0.3) is 0 Å². The van der Waals surface area contributed by atoms with Gasteiger partial charge < -0.3 is 4.74 Å². The first-order valence-electron chi connectivity index (χ1n) is 8.95. The van der Waals surface area contributed by atoms with E-state index in [1.54, 1.807) is 0 Å². The van der Waals surface area contributed by atoms with Crippen LogP contribution >= 0.6 is 0 Å². The predicted molar refractivity (Wildman–Crippen MR) is 104 cm³/mol. The number of sulfonamides is 1. The maximum atomic E-state index is 13.7. The number of sulfone groups is 1. The summed E-state index contributed by atoms with van der Waals surface area (Å²) in [6.07, 6.45) is -4.34. The van der Waals surface area contributed by atoms with E-state index in [0.717, 1.165) is 12.1 Å². The highest BCUT2D eigenvalue weighted by molar-refractivity contribution is 7.92. The topological polar surface area (TPSA) is 104 Å². The van der Waals surface area contributed by atoms with Crippen LogP contribution in [0.2, 0.25) is 0 Å². The normalized spacial score (nSPS) is 20.4. The van der Waals surface area contributed by atoms with Crippen molar-refractivity contribution in [1.29, 1.82) is 0 Å². The third-order valence-corrected chi connectivity index (χ3v) is 8.42. The summed E-state index contributed by atoms with van der Waals surface area (Å²) < 4.78 is 94.9. The molecular weight excluding hydrogens is 443 g/mol. The quantitative estimate of drug-likeness (QED) is 0.732. The Morgan fingerprint density at radius 1 is 0.967 bits per heavy atom. The predicted octanol–water partition coefficient (Wildman–Crippen LogP) is 3.36. The highest BCUT2D eigenvalue weighted by Gasteiger charge is 2.42. The number of rotatable bonds is 5. The minimum absolute atomic E-state index is 0.100. The molecule has 164 valence electrons. The fourth-order valence-corrected chi connectivity index (χ4v) is 6.12. The van der Waals surface area contributed by atoms with Crippen molar-refractivity contribution >= 4 is 19.9 Å². The summed E-state index contributed by atoms with van der Waals surface area (Å²) in [5, 5.41) is 4.08. The fraction of sp³-hybridized carbons (Fsp3) is 0.368. The van der Waals surface area contributed by atoms with Crippen molar-refractivity contribution in [2.24, 2.45) is 5.14 Å². The molecule has 2 atom stereocenters. The van der Waals surface area contributed by atoms with E-state index in [-0.39, 0.29) is 35.0 Å². The number of methoxy groups -OCH3 is 1. The number of nitrogens with two attached hydrogens (primary N) is 1. The molecule has 0 heterocycles. The molecule has 0 amide bonds. The van der Waals surface area contributed by atoms with Gasteiger partial charge in [0.15, 0.2) is 9.84 Å². The molecule has 3 rings (SSSR count). The molecule has 0 bridgehead atoms. The Morgan fingerprint density at radius 2 is 1.57 bits per heavy atom. The van der Waals surface area contributed by atoms with Crippen molar-refractivity contribution in [3.63, 3.8) is 0 Å². The monoisotopic (exact) mass is 463 g/mol. The van der Waals surface area contributed by atoms with Gasteiger partial charge in [0.05, 0.1) is 26.7 Å². The summed E-state index contributed by atoms with van der Waals surface area (Å²) in [7, 11) is -6.72. The summed E-state index contributed by atoms with van der Waals surface area (Å²) in [5.41, 5.74) is -0.864. The van der Waals surface area contributed by atoms with Crippen LogP contribution in [0.4, 0.5) is 13.2 Å². The van der Waals surface area contributed by atoms with E-state index in [9.17, 15) is 30.0 Å². The largest absolute Gasteiger partial charge is 0.417 e. The standard InChI is InChI=1S/C19H20F3NO5S2/c1-28-14-5-8-16(11-14)29(24,25)18-9-4-13(10-17(18)19(20,21)22)12-2-6-15(7-3-12)30(23,26)27/h2-4,6-7,9-10,14,16H,5,8,11H2,1H3,(H2,23,26,27)/t14-,16-/m1/s1. The van der Waals surface area contributed by atoms with Crippen LogP contribution < -0.4 is 5.14 Å². The maximum absolute atomic E-state index is 13.7. The molecule has 1 saturated carbocycles. The van der Waals surface area contributed by atoms with Crippen LogP contribution in [-0.2, 0) is 30.8 Å². The van der Waals surface area contributed by atoms with Gasteiger partial charge in [-0.05, 0) is 54.7 Å². The molecule has 0 aromatic heterocycles. The lowest BCUT2D eigenvalue weighted by molar-refractivity contribution is -0.139. The van der Waals surface area contributed by atoms with E-state index in [1.165, 1.54) is 37.4 Å². The fourth-order valence-electron chi connectivity index (χ4n) is 3.59. The number of hydrogen-bond donors (Lipinski definition) is 1. The number of primary sulfonamides is 1. The lowest BCUT2D eigenvalue weighted by Gasteiger charge is -2.18. The first-order chi connectivity index (χ1) is 13.8. The number of hydrogen-bond acceptors (Lipinski definition) is 5. The zero-order chi connectivity index (χ0) is 22.3. The molecule has 1 aliphatic carbocycles. The summed E-state index contributed by atoms with van der Waals surface area (Å²) in [4.78, 5) is -0.947. The Balaban J connectivity index is 2.05. The molecule has 0 spiro atoms. The van der Waals surface area contributed by atoms with Crippen LogP contribution in [0.25, 0.3) is 11.1 Å². The zero-order valence-corrected chi connectivity index (χ0v) is 17.5. The van der Waals surface area contributed by atoms with E-state index >= 15 is 0 Å². The molecule has 2 aromatic rings. The average Bonchev–Trinajstić information content (AvgIpc) is 3.16. The molecule has 0 radical (unpaired) electrons. The molecule has 30 heavy (non-hydrogen) atoms. The molecule has 6 nitrogen and oxygen atoms in total. The highest BCUT2D eigenvalue weighted by atomic mass is 32.2. The first kappa shape index (κ1) is 22.7. The van der Waals surface area contributed by atoms with Crippen LogP contribution in [0.1, 0.15) is 24.8 Å². The van der Waals surface area contributed by atoms with Crippen LogP contribution in [0, 0.1) is 0 Å². The number of halogens is 3. The molecule has 2 aromatic carbocycles. The first-order valence-corrected chi connectivity index (χ1v) is 12.0. The van der Waals surface area contributed by atoms with E-state index in [0.29, 0.717) is 6.42 Å². The summed E-state index contributed by atoms with van der Waals surface area (Å²) in [6.45, 7) is 0. The Labute approximate surface area is 172 Å². The molecule has 0 unspecified atom stereocenters. The van der Waals surface area contributed by atoms with Gasteiger partial charge in [-0.3, -0.25) is 0 Å². The summed E-state index contributed by atoms with van der Waals surface area (Å²) >= 11 is 0. The molecule has 0 saturated heterocycles. The third kappa shape index (κ3) is 4.53. The lowest BCUT2D eigenvalue weighted by atomic mass is 10.0. The molecular formula is C19H20F3NO5S2. The van der Waals surface area contributed by atoms with E-state index < -0.39 is 41.7 Å². The second-order valence-corrected chi connectivity index (χ2v) is 10.9. The van der Waals surface area contributed by atoms with Gasteiger partial charge >= 0.3 is 6.18 Å². The molecule has 11 heteroatoms. The van der Waals surface area contributed by atoms with Gasteiger partial charge in [0.2, 0.25) is 10.0 Å². The third-order valence-electron chi connectivity index (χ3n) is 5.22. The van der Waals surface area contributed by atoms with Crippen LogP contribution in [0.5, 0.6) is 0 Å². The molecule has 0 aliphatic heterocycles. The molecule has 1 aliphatic rings. The summed E-state index contributed by atoms with van der Waals surface area (Å²) in [5.74, 6) is 0. The Morgan fingerprint density at radius 3 is 2.07 bits per heavy atom. The second-order valence-electron chi connectivity index (χ2n) is 7.12. The van der Waals surface area contributed by atoms with Crippen molar-refractivity contribution in [3.8, 4) is 11.1 Å². The van der Waals surface area contributed by atoms with Gasteiger partial charge in [-0.15, -0.1) is 0 Å². The van der Waals surface area contributed by atoms with Gasteiger partial charge in [0, 0.05) is 7.11 Å². The number of ether oxygens (including phenoxy) is 1. The van der Waals surface area contributed by atoms with Crippen LogP contribution in [-0.4, -0.2) is 35.3 Å². The number of alkyl halides is 3. The van der Waals surface area contributed by atoms with Gasteiger partial charge in [-0.2, -0.15) is 13.2 Å². The Kier molecular flexibility index (Phi) is 6.02. The smallest absolute Gasteiger partial charge is 0.381 e. The van der Waals surface area contributed by atoms with Gasteiger partial charge in [-0.1, -0.05) is 18.2 Å². The minimum atomic E-state index is -4.89. The summed E-state index contributed by atoms with van der Waals surface area (Å²) in [6, 6.07) is 7.96. The van der Waals surface area contributed by atoms with Crippen molar-refractivity contribution in [2.45, 2.75) is 46.6 Å². The maximum Gasteiger partial charge on any atom is 0.417 e. The lowest BCUT2D eigenvalue weighted by Crippen LogP contribution is -2.23. The molecule has 2 N–H and O–H groups in total. The van der Waals surface area contributed by atoms with E-state index in [4.69, 9.17) is 9.88 Å². The minimum Gasteiger partial charge on any atom is -0.381 e. The van der Waals surface area contributed by atoms with Crippen molar-refractivity contribution < 1.29 is 34.7 Å². The zero-order valence-electron chi connectivity index (χ0n) is 15.9. The van der Waals surface area contributed by atoms with Crippen molar-refractivity contribution in [2.75, 3.05) is 7.11 Å². The van der Waals surface area contributed by atoms with Crippen LogP contribution in [0.3, 0.4) is 0 Å². The average molecular weight is 463 g/mol. The van der Waals surface area contributed by atoms with E-state index in [2.05, 4.69) is 0 Å². The van der Waals surface area contributed by atoms with Crippen LogP contribution in [0.15, 0.2) is 52.3 Å². The van der Waals surface area contributed by atoms with Crippen molar-refractivity contribution in [3.05, 3.63) is 48.0 Å².